The molecule has 1 heterocycles. The van der Waals surface area contributed by atoms with Gasteiger partial charge < -0.3 is 0 Å². The van der Waals surface area contributed by atoms with Crippen LogP contribution in [0.25, 0.3) is 10.9 Å². The zero-order chi connectivity index (χ0) is 16.4. The van der Waals surface area contributed by atoms with Crippen molar-refractivity contribution in [3.63, 3.8) is 0 Å². The number of hydrogen-bond donors (Lipinski definition) is 0. The van der Waals surface area contributed by atoms with E-state index in [2.05, 4.69) is 5.10 Å². The molecule has 3 aromatic rings. The Bertz CT molecular complexity index is 871. The van der Waals surface area contributed by atoms with E-state index in [1.54, 1.807) is 12.1 Å². The fourth-order valence-corrected chi connectivity index (χ4v) is 3.08. The molecule has 1 aromatic heterocycles. The standard InChI is InChI=1S/C18H16Cl2N2O/c1-2-5-17(23)18-14-6-3-4-7-16(14)22(21-18)11-12-8-9-13(19)10-15(12)20/h3-4,6-10H,2,5,11H2,1H3. The molecule has 23 heavy (non-hydrogen) atoms. The Balaban J connectivity index is 2.05. The van der Waals surface area contributed by atoms with E-state index in [1.807, 2.05) is 41.9 Å². The summed E-state index contributed by atoms with van der Waals surface area (Å²) >= 11 is 12.2. The van der Waals surface area contributed by atoms with Crippen LogP contribution < -0.4 is 0 Å². The van der Waals surface area contributed by atoms with Crippen LogP contribution in [0.4, 0.5) is 0 Å². The topological polar surface area (TPSA) is 34.9 Å². The monoisotopic (exact) mass is 346 g/mol. The predicted octanol–water partition coefficient (Wildman–Crippen LogP) is 5.37. The quantitative estimate of drug-likeness (QED) is 0.581. The van der Waals surface area contributed by atoms with Crippen molar-refractivity contribution in [3.8, 4) is 0 Å². The molecule has 0 atom stereocenters. The number of fused-ring (bicyclic) bond motifs is 1. The van der Waals surface area contributed by atoms with Gasteiger partial charge in [-0.15, -0.1) is 0 Å². The van der Waals surface area contributed by atoms with E-state index in [1.165, 1.54) is 0 Å². The van der Waals surface area contributed by atoms with Gasteiger partial charge in [0.1, 0.15) is 5.69 Å². The number of carbonyl (C=O) groups excluding carboxylic acids is 1. The summed E-state index contributed by atoms with van der Waals surface area (Å²) in [6.45, 7) is 2.49. The molecule has 5 heteroatoms. The van der Waals surface area contributed by atoms with Gasteiger partial charge in [-0.25, -0.2) is 0 Å². The number of carbonyl (C=O) groups is 1. The normalized spacial score (nSPS) is 11.1. The summed E-state index contributed by atoms with van der Waals surface area (Å²) in [7, 11) is 0. The highest BCUT2D eigenvalue weighted by Crippen LogP contribution is 2.25. The largest absolute Gasteiger partial charge is 0.292 e. The van der Waals surface area contributed by atoms with Gasteiger partial charge in [-0.05, 0) is 30.2 Å². The summed E-state index contributed by atoms with van der Waals surface area (Å²) < 4.78 is 1.83. The maximum absolute atomic E-state index is 12.3. The zero-order valence-corrected chi connectivity index (χ0v) is 14.2. The SMILES string of the molecule is CCCC(=O)c1nn(Cc2ccc(Cl)cc2Cl)c2ccccc12. The van der Waals surface area contributed by atoms with Crippen LogP contribution in [0.15, 0.2) is 42.5 Å². The summed E-state index contributed by atoms with van der Waals surface area (Å²) in [6.07, 6.45) is 1.31. The number of aromatic nitrogens is 2. The molecule has 118 valence electrons. The molecule has 0 N–H and O–H groups in total. The van der Waals surface area contributed by atoms with Crippen molar-refractivity contribution in [3.05, 3.63) is 63.8 Å². The lowest BCUT2D eigenvalue weighted by Crippen LogP contribution is -2.05. The van der Waals surface area contributed by atoms with Crippen LogP contribution in [-0.4, -0.2) is 15.6 Å². The molecule has 0 saturated heterocycles. The van der Waals surface area contributed by atoms with E-state index in [0.717, 1.165) is 22.9 Å². The van der Waals surface area contributed by atoms with Crippen molar-refractivity contribution in [2.24, 2.45) is 0 Å². The van der Waals surface area contributed by atoms with E-state index in [9.17, 15) is 4.79 Å². The fraction of sp³-hybridized carbons (Fsp3) is 0.222. The number of Topliss-reactive ketones (excluding diaryl/α,β-unsaturated/α-hetero) is 1. The van der Waals surface area contributed by atoms with E-state index < -0.39 is 0 Å². The minimum absolute atomic E-state index is 0.0738. The van der Waals surface area contributed by atoms with Gasteiger partial charge >= 0.3 is 0 Å². The van der Waals surface area contributed by atoms with Crippen molar-refractivity contribution in [2.75, 3.05) is 0 Å². The maximum Gasteiger partial charge on any atom is 0.183 e. The van der Waals surface area contributed by atoms with Crippen molar-refractivity contribution in [2.45, 2.75) is 26.3 Å². The van der Waals surface area contributed by atoms with Gasteiger partial charge in [0, 0.05) is 21.9 Å². The molecule has 0 saturated carbocycles. The minimum Gasteiger partial charge on any atom is -0.292 e. The highest BCUT2D eigenvalue weighted by atomic mass is 35.5. The first kappa shape index (κ1) is 16.0. The molecular weight excluding hydrogens is 331 g/mol. The van der Waals surface area contributed by atoms with Crippen LogP contribution in [0.3, 0.4) is 0 Å². The number of nitrogens with zero attached hydrogens (tertiary/aromatic N) is 2. The maximum atomic E-state index is 12.3. The predicted molar refractivity (Wildman–Crippen MR) is 94.5 cm³/mol. The average molecular weight is 347 g/mol. The Morgan fingerprint density at radius 1 is 1.17 bits per heavy atom. The molecule has 0 bridgehead atoms. The number of rotatable bonds is 5. The first-order valence-corrected chi connectivity index (χ1v) is 8.28. The van der Waals surface area contributed by atoms with Crippen LogP contribution >= 0.6 is 23.2 Å². The Morgan fingerprint density at radius 2 is 1.96 bits per heavy atom. The number of benzene rings is 2. The van der Waals surface area contributed by atoms with Crippen molar-refractivity contribution in [1.29, 1.82) is 0 Å². The first-order chi connectivity index (χ1) is 11.1. The molecule has 0 spiro atoms. The molecule has 3 rings (SSSR count). The van der Waals surface area contributed by atoms with Gasteiger partial charge in [0.15, 0.2) is 5.78 Å². The average Bonchev–Trinajstić information content (AvgIpc) is 2.89. The fourth-order valence-electron chi connectivity index (χ4n) is 2.61. The Hall–Kier alpha value is -1.84. The third kappa shape index (κ3) is 3.26. The Morgan fingerprint density at radius 3 is 2.70 bits per heavy atom. The molecule has 0 radical (unpaired) electrons. The lowest BCUT2D eigenvalue weighted by molar-refractivity contribution is 0.0977. The molecule has 0 unspecified atom stereocenters. The summed E-state index contributed by atoms with van der Waals surface area (Å²) in [5.74, 6) is 0.0738. The summed E-state index contributed by atoms with van der Waals surface area (Å²) in [5, 5.41) is 6.62. The van der Waals surface area contributed by atoms with Gasteiger partial charge in [0.25, 0.3) is 0 Å². The van der Waals surface area contributed by atoms with Gasteiger partial charge in [0.2, 0.25) is 0 Å². The Labute approximate surface area is 144 Å². The van der Waals surface area contributed by atoms with Gasteiger partial charge in [0.05, 0.1) is 12.1 Å². The van der Waals surface area contributed by atoms with Crippen LogP contribution in [0.1, 0.15) is 35.8 Å². The first-order valence-electron chi connectivity index (χ1n) is 7.53. The number of hydrogen-bond acceptors (Lipinski definition) is 2. The smallest absolute Gasteiger partial charge is 0.183 e. The van der Waals surface area contributed by atoms with Crippen LogP contribution in [0, 0.1) is 0 Å². The second-order valence-electron chi connectivity index (χ2n) is 5.43. The summed E-state index contributed by atoms with van der Waals surface area (Å²) in [6, 6.07) is 13.2. The van der Waals surface area contributed by atoms with Crippen LogP contribution in [-0.2, 0) is 6.54 Å². The molecule has 0 amide bonds. The number of ketones is 1. The van der Waals surface area contributed by atoms with Crippen molar-refractivity contribution >= 4 is 39.9 Å². The third-order valence-electron chi connectivity index (χ3n) is 3.73. The number of para-hydroxylation sites is 1. The van der Waals surface area contributed by atoms with Crippen molar-refractivity contribution in [1.82, 2.24) is 9.78 Å². The molecule has 0 fully saturated rings. The third-order valence-corrected chi connectivity index (χ3v) is 4.32. The Kier molecular flexibility index (Phi) is 4.69. The van der Waals surface area contributed by atoms with E-state index in [-0.39, 0.29) is 5.78 Å². The molecule has 2 aromatic carbocycles. The van der Waals surface area contributed by atoms with E-state index >= 15 is 0 Å². The molecule has 0 aliphatic carbocycles. The van der Waals surface area contributed by atoms with E-state index in [0.29, 0.717) is 28.7 Å². The second-order valence-corrected chi connectivity index (χ2v) is 6.28. The van der Waals surface area contributed by atoms with Crippen LogP contribution in [0.2, 0.25) is 10.0 Å². The lowest BCUT2D eigenvalue weighted by atomic mass is 10.1. The molecule has 3 nitrogen and oxygen atoms in total. The molecular formula is C18H16Cl2N2O. The molecule has 0 aliphatic rings. The number of halogens is 2. The minimum atomic E-state index is 0.0738. The van der Waals surface area contributed by atoms with Gasteiger partial charge in [-0.1, -0.05) is 54.4 Å². The van der Waals surface area contributed by atoms with Gasteiger partial charge in [-0.3, -0.25) is 9.48 Å². The summed E-state index contributed by atoms with van der Waals surface area (Å²) in [5.41, 5.74) is 2.38. The lowest BCUT2D eigenvalue weighted by Gasteiger charge is -2.06. The van der Waals surface area contributed by atoms with Crippen molar-refractivity contribution < 1.29 is 4.79 Å². The van der Waals surface area contributed by atoms with Gasteiger partial charge in [-0.2, -0.15) is 5.10 Å². The summed E-state index contributed by atoms with van der Waals surface area (Å²) in [4.78, 5) is 12.3. The highest BCUT2D eigenvalue weighted by molar-refractivity contribution is 6.35. The second kappa shape index (κ2) is 6.73. The van der Waals surface area contributed by atoms with E-state index in [4.69, 9.17) is 23.2 Å². The molecule has 0 aliphatic heterocycles. The van der Waals surface area contributed by atoms with Crippen LogP contribution in [0.5, 0.6) is 0 Å². The highest BCUT2D eigenvalue weighted by Gasteiger charge is 2.16. The zero-order valence-electron chi connectivity index (χ0n) is 12.7.